The standard InChI is InChI=1S/C16H12BrF2NO/c1-20-13-6-5-9(7-10(13)8-14(20)21)16(17)15-11(18)3-2-4-12(15)19/h2-7,16H,8H2,1H3. The SMILES string of the molecule is CN1C(=O)Cc2cc(C(Br)c3c(F)cccc3F)ccc21. The second-order valence-corrected chi connectivity index (χ2v) is 5.93. The van der Waals surface area contributed by atoms with Crippen molar-refractivity contribution in [3.8, 4) is 0 Å². The summed E-state index contributed by atoms with van der Waals surface area (Å²) < 4.78 is 27.7. The van der Waals surface area contributed by atoms with Crippen LogP contribution < -0.4 is 4.90 Å². The summed E-state index contributed by atoms with van der Waals surface area (Å²) in [7, 11) is 1.72. The van der Waals surface area contributed by atoms with Crippen molar-refractivity contribution in [1.82, 2.24) is 0 Å². The fourth-order valence-electron chi connectivity index (χ4n) is 2.57. The van der Waals surface area contributed by atoms with Crippen LogP contribution in [0.4, 0.5) is 14.5 Å². The van der Waals surface area contributed by atoms with Crippen molar-refractivity contribution in [2.75, 3.05) is 11.9 Å². The maximum absolute atomic E-state index is 13.9. The Kier molecular flexibility index (Phi) is 3.53. The lowest BCUT2D eigenvalue weighted by atomic mass is 10.0. The molecule has 2 aromatic carbocycles. The highest BCUT2D eigenvalue weighted by atomic mass is 79.9. The second-order valence-electron chi connectivity index (χ2n) is 5.02. The number of rotatable bonds is 2. The van der Waals surface area contributed by atoms with E-state index in [2.05, 4.69) is 15.9 Å². The van der Waals surface area contributed by atoms with E-state index in [4.69, 9.17) is 0 Å². The van der Waals surface area contributed by atoms with Crippen LogP contribution in [-0.2, 0) is 11.2 Å². The first-order valence-corrected chi connectivity index (χ1v) is 7.38. The van der Waals surface area contributed by atoms with Crippen molar-refractivity contribution in [1.29, 1.82) is 0 Å². The number of nitrogens with zero attached hydrogens (tertiary/aromatic N) is 1. The minimum absolute atomic E-state index is 0.0184. The Balaban J connectivity index is 2.02. The van der Waals surface area contributed by atoms with Gasteiger partial charge in [-0.1, -0.05) is 34.1 Å². The fourth-order valence-corrected chi connectivity index (χ4v) is 3.29. The molecular weight excluding hydrogens is 340 g/mol. The first-order chi connectivity index (χ1) is 9.99. The molecule has 0 N–H and O–H groups in total. The van der Waals surface area contributed by atoms with Gasteiger partial charge >= 0.3 is 0 Å². The topological polar surface area (TPSA) is 20.3 Å². The van der Waals surface area contributed by atoms with Crippen LogP contribution in [0.5, 0.6) is 0 Å². The molecule has 0 saturated heterocycles. The summed E-state index contributed by atoms with van der Waals surface area (Å²) in [5, 5.41) is 0. The zero-order valence-electron chi connectivity index (χ0n) is 11.2. The van der Waals surface area contributed by atoms with E-state index in [9.17, 15) is 13.6 Å². The summed E-state index contributed by atoms with van der Waals surface area (Å²) >= 11 is 3.36. The molecule has 1 amide bonds. The van der Waals surface area contributed by atoms with Gasteiger partial charge in [-0.2, -0.15) is 0 Å². The number of hydrogen-bond donors (Lipinski definition) is 0. The molecule has 1 aliphatic heterocycles. The van der Waals surface area contributed by atoms with Crippen LogP contribution in [-0.4, -0.2) is 13.0 Å². The van der Waals surface area contributed by atoms with E-state index in [-0.39, 0.29) is 11.5 Å². The number of fused-ring (bicyclic) bond motifs is 1. The van der Waals surface area contributed by atoms with Gasteiger partial charge in [0.25, 0.3) is 0 Å². The van der Waals surface area contributed by atoms with Gasteiger partial charge in [0.05, 0.1) is 11.2 Å². The number of amides is 1. The monoisotopic (exact) mass is 351 g/mol. The number of anilines is 1. The number of carbonyl (C=O) groups is 1. The maximum atomic E-state index is 13.9. The van der Waals surface area contributed by atoms with Gasteiger partial charge in [0.2, 0.25) is 5.91 Å². The number of carbonyl (C=O) groups excluding carboxylic acids is 1. The average molecular weight is 352 g/mol. The minimum Gasteiger partial charge on any atom is -0.315 e. The smallest absolute Gasteiger partial charge is 0.231 e. The summed E-state index contributed by atoms with van der Waals surface area (Å²) in [5.74, 6) is -1.17. The summed E-state index contributed by atoms with van der Waals surface area (Å²) in [4.78, 5) is 12.7. The Bertz CT molecular complexity index is 712. The van der Waals surface area contributed by atoms with Crippen LogP contribution in [0, 0.1) is 11.6 Å². The van der Waals surface area contributed by atoms with E-state index in [0.717, 1.165) is 16.8 Å². The number of hydrogen-bond acceptors (Lipinski definition) is 1. The predicted octanol–water partition coefficient (Wildman–Crippen LogP) is 3.97. The van der Waals surface area contributed by atoms with Crippen LogP contribution in [0.1, 0.15) is 21.5 Å². The molecule has 1 atom stereocenters. The molecule has 108 valence electrons. The summed E-state index contributed by atoms with van der Waals surface area (Å²) in [6.07, 6.45) is 0.319. The molecule has 0 aromatic heterocycles. The molecule has 21 heavy (non-hydrogen) atoms. The molecule has 1 aliphatic rings. The summed E-state index contributed by atoms with van der Waals surface area (Å²) in [5.41, 5.74) is 2.43. The van der Waals surface area contributed by atoms with E-state index in [0.29, 0.717) is 6.42 Å². The quantitative estimate of drug-likeness (QED) is 0.749. The third kappa shape index (κ3) is 2.35. The van der Waals surface area contributed by atoms with Crippen molar-refractivity contribution in [2.45, 2.75) is 11.2 Å². The van der Waals surface area contributed by atoms with Gasteiger partial charge in [0.15, 0.2) is 0 Å². The van der Waals surface area contributed by atoms with Crippen molar-refractivity contribution in [3.05, 3.63) is 64.7 Å². The molecule has 2 nitrogen and oxygen atoms in total. The highest BCUT2D eigenvalue weighted by molar-refractivity contribution is 9.09. The number of alkyl halides is 1. The van der Waals surface area contributed by atoms with Gasteiger partial charge < -0.3 is 4.90 Å². The lowest BCUT2D eigenvalue weighted by Crippen LogP contribution is -2.20. The first kappa shape index (κ1) is 14.2. The first-order valence-electron chi connectivity index (χ1n) is 6.46. The van der Waals surface area contributed by atoms with Crippen LogP contribution in [0.15, 0.2) is 36.4 Å². The van der Waals surface area contributed by atoms with Crippen molar-refractivity contribution < 1.29 is 13.6 Å². The van der Waals surface area contributed by atoms with Gasteiger partial charge in [-0.15, -0.1) is 0 Å². The molecule has 0 radical (unpaired) electrons. The molecule has 3 rings (SSSR count). The van der Waals surface area contributed by atoms with Crippen molar-refractivity contribution in [3.63, 3.8) is 0 Å². The predicted molar refractivity (Wildman–Crippen MR) is 80.7 cm³/mol. The normalized spacial score (nSPS) is 15.2. The highest BCUT2D eigenvalue weighted by Crippen LogP contribution is 2.37. The Hall–Kier alpha value is -1.75. The highest BCUT2D eigenvalue weighted by Gasteiger charge is 2.26. The van der Waals surface area contributed by atoms with Crippen molar-refractivity contribution >= 4 is 27.5 Å². The molecule has 0 aliphatic carbocycles. The van der Waals surface area contributed by atoms with Crippen LogP contribution in [0.2, 0.25) is 0 Å². The van der Waals surface area contributed by atoms with E-state index < -0.39 is 16.5 Å². The molecule has 0 bridgehead atoms. The molecule has 0 spiro atoms. The lowest BCUT2D eigenvalue weighted by Gasteiger charge is -2.15. The fraction of sp³-hybridized carbons (Fsp3) is 0.188. The van der Waals surface area contributed by atoms with E-state index in [1.165, 1.54) is 18.2 Å². The number of likely N-dealkylation sites (N-methyl/N-ethyl adjacent to an activating group) is 1. The molecule has 0 fully saturated rings. The molecule has 5 heteroatoms. The summed E-state index contributed by atoms with van der Waals surface area (Å²) in [6.45, 7) is 0. The Morgan fingerprint density at radius 3 is 2.52 bits per heavy atom. The Morgan fingerprint density at radius 2 is 1.86 bits per heavy atom. The minimum atomic E-state index is -0.593. The van der Waals surface area contributed by atoms with Gasteiger partial charge in [-0.25, -0.2) is 8.78 Å². The third-order valence-corrected chi connectivity index (χ3v) is 4.71. The second kappa shape index (κ2) is 5.22. The molecular formula is C16H12BrF2NO. The zero-order valence-corrected chi connectivity index (χ0v) is 12.8. The van der Waals surface area contributed by atoms with Gasteiger partial charge in [-0.05, 0) is 29.3 Å². The number of benzene rings is 2. The third-order valence-electron chi connectivity index (χ3n) is 3.73. The van der Waals surface area contributed by atoms with E-state index in [1.54, 1.807) is 18.0 Å². The van der Waals surface area contributed by atoms with E-state index >= 15 is 0 Å². The molecule has 1 heterocycles. The molecule has 0 saturated carbocycles. The van der Waals surface area contributed by atoms with Crippen molar-refractivity contribution in [2.24, 2.45) is 0 Å². The van der Waals surface area contributed by atoms with Crippen LogP contribution in [0.3, 0.4) is 0 Å². The van der Waals surface area contributed by atoms with Gasteiger partial charge in [0.1, 0.15) is 11.6 Å². The Labute approximate surface area is 129 Å². The molecule has 2 aromatic rings. The maximum Gasteiger partial charge on any atom is 0.231 e. The van der Waals surface area contributed by atoms with E-state index in [1.807, 2.05) is 12.1 Å². The lowest BCUT2D eigenvalue weighted by molar-refractivity contribution is -0.117. The molecule has 1 unspecified atom stereocenters. The zero-order chi connectivity index (χ0) is 15.1. The van der Waals surface area contributed by atoms with Gasteiger partial charge in [-0.3, -0.25) is 4.79 Å². The largest absolute Gasteiger partial charge is 0.315 e. The number of halogens is 3. The average Bonchev–Trinajstić information content (AvgIpc) is 2.73. The summed E-state index contributed by atoms with van der Waals surface area (Å²) in [6, 6.07) is 9.21. The van der Waals surface area contributed by atoms with Gasteiger partial charge in [0, 0.05) is 18.3 Å². The Morgan fingerprint density at radius 1 is 1.19 bits per heavy atom. The van der Waals surface area contributed by atoms with Crippen LogP contribution in [0.25, 0.3) is 0 Å². The van der Waals surface area contributed by atoms with Crippen LogP contribution >= 0.6 is 15.9 Å².